The van der Waals surface area contributed by atoms with Crippen LogP contribution in [0.4, 0.5) is 0 Å². The highest BCUT2D eigenvalue weighted by Gasteiger charge is 2.04. The van der Waals surface area contributed by atoms with E-state index in [0.29, 0.717) is 0 Å². The van der Waals surface area contributed by atoms with Crippen LogP contribution in [0.3, 0.4) is 0 Å². The van der Waals surface area contributed by atoms with Crippen LogP contribution in [0.5, 0.6) is 0 Å². The molecule has 0 aliphatic carbocycles. The maximum atomic E-state index is 5.61. The molecular formula is C9H8ClNO. The van der Waals surface area contributed by atoms with Gasteiger partial charge in [-0.05, 0) is 48.7 Å². The molecule has 3 heteroatoms. The lowest BCUT2D eigenvalue weighted by Gasteiger charge is -1.96. The fraction of sp³-hybridized carbons (Fsp3) is 0.222. The zero-order valence-corrected chi connectivity index (χ0v) is 7.64. The summed E-state index contributed by atoms with van der Waals surface area (Å²) in [7, 11) is 0. The van der Waals surface area contributed by atoms with E-state index in [1.54, 1.807) is 0 Å². The number of oxazole rings is 1. The maximum Gasteiger partial charge on any atom is 0.293 e. The number of aromatic nitrogens is 1. The molecule has 0 spiro atoms. The van der Waals surface area contributed by atoms with Gasteiger partial charge in [0.05, 0.1) is 0 Å². The number of hydrogen-bond donors (Lipinski definition) is 0. The zero-order valence-electron chi connectivity index (χ0n) is 6.89. The van der Waals surface area contributed by atoms with Crippen LogP contribution in [0.25, 0.3) is 11.1 Å². The molecule has 0 aliphatic heterocycles. The van der Waals surface area contributed by atoms with Gasteiger partial charge in [-0.25, -0.2) is 0 Å². The topological polar surface area (TPSA) is 26.0 Å². The second-order valence-corrected chi connectivity index (χ2v) is 3.19. The molecule has 2 nitrogen and oxygen atoms in total. The number of fused-ring (bicyclic) bond motifs is 1. The number of nitrogens with zero attached hydrogens (tertiary/aromatic N) is 1. The third-order valence-corrected chi connectivity index (χ3v) is 2.14. The van der Waals surface area contributed by atoms with Gasteiger partial charge in [-0.3, -0.25) is 0 Å². The van der Waals surface area contributed by atoms with Gasteiger partial charge in [0.2, 0.25) is 0 Å². The molecule has 0 bridgehead atoms. The molecule has 0 amide bonds. The fourth-order valence-electron chi connectivity index (χ4n) is 1.15. The van der Waals surface area contributed by atoms with Gasteiger partial charge in [-0.2, -0.15) is 4.98 Å². The Balaban J connectivity index is 2.83. The van der Waals surface area contributed by atoms with E-state index in [1.165, 1.54) is 11.1 Å². The van der Waals surface area contributed by atoms with E-state index in [2.05, 4.69) is 4.98 Å². The molecule has 1 aromatic carbocycles. The third kappa shape index (κ3) is 1.08. The summed E-state index contributed by atoms with van der Waals surface area (Å²) in [6.45, 7) is 4.07. The summed E-state index contributed by atoms with van der Waals surface area (Å²) in [5.41, 5.74) is 3.97. The van der Waals surface area contributed by atoms with E-state index in [9.17, 15) is 0 Å². The molecule has 0 N–H and O–H groups in total. The summed E-state index contributed by atoms with van der Waals surface area (Å²) in [5.74, 6) is 0. The van der Waals surface area contributed by atoms with Gasteiger partial charge in [-0.1, -0.05) is 0 Å². The first-order valence-corrected chi connectivity index (χ1v) is 4.08. The van der Waals surface area contributed by atoms with Crippen molar-refractivity contribution in [3.05, 3.63) is 28.6 Å². The SMILES string of the molecule is Cc1cc2nc(Cl)oc2cc1C. The zero-order chi connectivity index (χ0) is 8.72. The van der Waals surface area contributed by atoms with Crippen LogP contribution in [-0.2, 0) is 0 Å². The van der Waals surface area contributed by atoms with Crippen molar-refractivity contribution < 1.29 is 4.42 Å². The predicted octanol–water partition coefficient (Wildman–Crippen LogP) is 3.10. The van der Waals surface area contributed by atoms with Crippen molar-refractivity contribution in [2.75, 3.05) is 0 Å². The maximum absolute atomic E-state index is 5.61. The van der Waals surface area contributed by atoms with Crippen LogP contribution in [0, 0.1) is 13.8 Å². The fourth-order valence-corrected chi connectivity index (χ4v) is 1.33. The second kappa shape index (κ2) is 2.49. The second-order valence-electron chi connectivity index (χ2n) is 2.87. The smallest absolute Gasteiger partial charge is 0.293 e. The van der Waals surface area contributed by atoms with Crippen molar-refractivity contribution in [1.82, 2.24) is 4.98 Å². The Morgan fingerprint density at radius 3 is 2.67 bits per heavy atom. The molecule has 0 saturated heterocycles. The summed E-state index contributed by atoms with van der Waals surface area (Å²) in [4.78, 5) is 4.01. The molecule has 2 rings (SSSR count). The van der Waals surface area contributed by atoms with E-state index in [0.717, 1.165) is 11.1 Å². The Morgan fingerprint density at radius 2 is 1.92 bits per heavy atom. The van der Waals surface area contributed by atoms with Crippen molar-refractivity contribution in [3.63, 3.8) is 0 Å². The van der Waals surface area contributed by atoms with Crippen LogP contribution in [0.2, 0.25) is 5.35 Å². The summed E-state index contributed by atoms with van der Waals surface area (Å²) in [6, 6.07) is 3.92. The number of benzene rings is 1. The first-order valence-electron chi connectivity index (χ1n) is 3.70. The van der Waals surface area contributed by atoms with Crippen molar-refractivity contribution >= 4 is 22.7 Å². The molecular weight excluding hydrogens is 174 g/mol. The molecule has 12 heavy (non-hydrogen) atoms. The number of hydrogen-bond acceptors (Lipinski definition) is 2. The summed E-state index contributed by atoms with van der Waals surface area (Å²) < 4.78 is 5.16. The van der Waals surface area contributed by atoms with Crippen molar-refractivity contribution in [3.8, 4) is 0 Å². The van der Waals surface area contributed by atoms with Crippen LogP contribution >= 0.6 is 11.6 Å². The Bertz CT molecular complexity index is 394. The molecule has 1 aromatic heterocycles. The van der Waals surface area contributed by atoms with E-state index in [1.807, 2.05) is 26.0 Å². The predicted molar refractivity (Wildman–Crippen MR) is 48.5 cm³/mol. The minimum Gasteiger partial charge on any atom is -0.428 e. The van der Waals surface area contributed by atoms with Gasteiger partial charge in [-0.15, -0.1) is 0 Å². The minimum absolute atomic E-state index is 0.204. The van der Waals surface area contributed by atoms with Gasteiger partial charge in [0.25, 0.3) is 5.35 Å². The minimum atomic E-state index is 0.204. The highest BCUT2D eigenvalue weighted by molar-refractivity contribution is 6.28. The average Bonchev–Trinajstić information content (AvgIpc) is 2.30. The number of aryl methyl sites for hydroxylation is 2. The normalized spacial score (nSPS) is 10.9. The summed E-state index contributed by atoms with van der Waals surface area (Å²) in [6.07, 6.45) is 0. The standard InChI is InChI=1S/C9H8ClNO/c1-5-3-7-8(4-6(5)2)12-9(10)11-7/h3-4H,1-2H3. The van der Waals surface area contributed by atoms with Crippen molar-refractivity contribution in [2.24, 2.45) is 0 Å². The Hall–Kier alpha value is -1.02. The molecule has 0 radical (unpaired) electrons. The van der Waals surface area contributed by atoms with Gasteiger partial charge in [0.15, 0.2) is 5.58 Å². The Morgan fingerprint density at radius 1 is 1.25 bits per heavy atom. The molecule has 62 valence electrons. The largest absolute Gasteiger partial charge is 0.428 e. The quantitative estimate of drug-likeness (QED) is 0.624. The number of halogens is 1. The van der Waals surface area contributed by atoms with E-state index < -0.39 is 0 Å². The number of rotatable bonds is 0. The lowest BCUT2D eigenvalue weighted by Crippen LogP contribution is -1.79. The van der Waals surface area contributed by atoms with E-state index in [-0.39, 0.29) is 5.35 Å². The molecule has 2 aromatic rings. The first-order chi connectivity index (χ1) is 5.66. The highest BCUT2D eigenvalue weighted by Crippen LogP contribution is 2.21. The molecule has 0 fully saturated rings. The molecule has 0 aliphatic rings. The van der Waals surface area contributed by atoms with E-state index >= 15 is 0 Å². The van der Waals surface area contributed by atoms with Gasteiger partial charge >= 0.3 is 0 Å². The Kier molecular flexibility index (Phi) is 1.58. The molecule has 0 saturated carbocycles. The van der Waals surface area contributed by atoms with Crippen molar-refractivity contribution in [1.29, 1.82) is 0 Å². The van der Waals surface area contributed by atoms with Crippen LogP contribution in [0.1, 0.15) is 11.1 Å². The molecule has 0 unspecified atom stereocenters. The highest BCUT2D eigenvalue weighted by atomic mass is 35.5. The molecule has 1 heterocycles. The van der Waals surface area contributed by atoms with Gasteiger partial charge < -0.3 is 4.42 Å². The first kappa shape index (κ1) is 7.62. The van der Waals surface area contributed by atoms with E-state index in [4.69, 9.17) is 16.0 Å². The van der Waals surface area contributed by atoms with Gasteiger partial charge in [0, 0.05) is 0 Å². The van der Waals surface area contributed by atoms with Crippen LogP contribution in [0.15, 0.2) is 16.5 Å². The monoisotopic (exact) mass is 181 g/mol. The summed E-state index contributed by atoms with van der Waals surface area (Å²) in [5, 5.41) is 0.204. The molecule has 0 atom stereocenters. The lowest BCUT2D eigenvalue weighted by atomic mass is 10.1. The van der Waals surface area contributed by atoms with Crippen LogP contribution < -0.4 is 0 Å². The van der Waals surface area contributed by atoms with Gasteiger partial charge in [0.1, 0.15) is 5.52 Å². The lowest BCUT2D eigenvalue weighted by molar-refractivity contribution is 0.604. The average molecular weight is 182 g/mol. The van der Waals surface area contributed by atoms with Crippen molar-refractivity contribution in [2.45, 2.75) is 13.8 Å². The van der Waals surface area contributed by atoms with Crippen LogP contribution in [-0.4, -0.2) is 4.98 Å². The Labute approximate surface area is 75.2 Å². The third-order valence-electron chi connectivity index (χ3n) is 1.98. The summed E-state index contributed by atoms with van der Waals surface area (Å²) >= 11 is 5.61.